The van der Waals surface area contributed by atoms with Crippen molar-refractivity contribution in [1.29, 1.82) is 0 Å². The Morgan fingerprint density at radius 3 is 2.84 bits per heavy atom. The fraction of sp³-hybridized carbons (Fsp3) is 0.368. The maximum atomic E-state index is 12.4. The Morgan fingerprint density at radius 1 is 1.36 bits per heavy atom. The average Bonchev–Trinajstić information content (AvgIpc) is 3.11. The highest BCUT2D eigenvalue weighted by Crippen LogP contribution is 2.29. The van der Waals surface area contributed by atoms with E-state index in [2.05, 4.69) is 24.3 Å². The number of halogens is 1. The maximum absolute atomic E-state index is 12.4. The van der Waals surface area contributed by atoms with Gasteiger partial charge in [0.2, 0.25) is 0 Å². The molecule has 0 aliphatic heterocycles. The molecule has 1 aromatic carbocycles. The zero-order valence-electron chi connectivity index (χ0n) is 14.7. The minimum Gasteiger partial charge on any atom is -0.351 e. The first kappa shape index (κ1) is 18.0. The van der Waals surface area contributed by atoms with Crippen molar-refractivity contribution in [2.24, 2.45) is 5.92 Å². The Labute approximate surface area is 156 Å². The molecule has 2 aromatic heterocycles. The van der Waals surface area contributed by atoms with E-state index in [-0.39, 0.29) is 5.91 Å². The van der Waals surface area contributed by atoms with Crippen molar-refractivity contribution in [2.45, 2.75) is 33.7 Å². The van der Waals surface area contributed by atoms with Gasteiger partial charge in [-0.15, -0.1) is 11.3 Å². The van der Waals surface area contributed by atoms with E-state index < -0.39 is 0 Å². The summed E-state index contributed by atoms with van der Waals surface area (Å²) in [6.45, 7) is 7.57. The summed E-state index contributed by atoms with van der Waals surface area (Å²) in [5, 5.41) is 9.37. The number of amides is 1. The number of rotatable bonds is 6. The Hall–Kier alpha value is -1.85. The van der Waals surface area contributed by atoms with Crippen molar-refractivity contribution in [3.05, 3.63) is 51.5 Å². The minimum atomic E-state index is -0.00876. The molecule has 0 saturated carbocycles. The second-order valence-electron chi connectivity index (χ2n) is 6.60. The molecule has 0 fully saturated rings. The topological polar surface area (TPSA) is 46.9 Å². The van der Waals surface area contributed by atoms with E-state index in [0.29, 0.717) is 19.0 Å². The summed E-state index contributed by atoms with van der Waals surface area (Å²) >= 11 is 7.75. The molecule has 4 nitrogen and oxygen atoms in total. The number of thiophene rings is 1. The van der Waals surface area contributed by atoms with Gasteiger partial charge in [-0.25, -0.2) is 0 Å². The molecule has 6 heteroatoms. The number of hydrogen-bond acceptors (Lipinski definition) is 3. The molecule has 3 rings (SSSR count). The molecule has 1 amide bonds. The van der Waals surface area contributed by atoms with Gasteiger partial charge in [-0.3, -0.25) is 9.48 Å². The van der Waals surface area contributed by atoms with Crippen LogP contribution in [0.2, 0.25) is 5.02 Å². The van der Waals surface area contributed by atoms with Gasteiger partial charge in [-0.05, 0) is 37.0 Å². The van der Waals surface area contributed by atoms with Crippen LogP contribution >= 0.6 is 22.9 Å². The van der Waals surface area contributed by atoms with Gasteiger partial charge < -0.3 is 5.32 Å². The SMILES string of the molecule is Cc1nn(Cc2ccccc2Cl)c2sc(C(=O)NCCC(C)C)cc12. The summed E-state index contributed by atoms with van der Waals surface area (Å²) in [6.07, 6.45) is 0.982. The van der Waals surface area contributed by atoms with Gasteiger partial charge in [-0.1, -0.05) is 43.6 Å². The highest BCUT2D eigenvalue weighted by atomic mass is 35.5. The maximum Gasteiger partial charge on any atom is 0.261 e. The molecule has 2 heterocycles. The summed E-state index contributed by atoms with van der Waals surface area (Å²) in [4.78, 5) is 14.1. The van der Waals surface area contributed by atoms with Crippen molar-refractivity contribution < 1.29 is 4.79 Å². The van der Waals surface area contributed by atoms with Crippen molar-refractivity contribution in [3.8, 4) is 0 Å². The summed E-state index contributed by atoms with van der Waals surface area (Å²) in [5.41, 5.74) is 1.95. The molecule has 0 unspecified atom stereocenters. The molecule has 0 atom stereocenters. The number of nitrogens with one attached hydrogen (secondary N) is 1. The van der Waals surface area contributed by atoms with Gasteiger partial charge in [0.05, 0.1) is 17.1 Å². The number of carbonyl (C=O) groups excluding carboxylic acids is 1. The number of carbonyl (C=O) groups is 1. The molecular weight excluding hydrogens is 354 g/mol. The summed E-state index contributed by atoms with van der Waals surface area (Å²) < 4.78 is 1.93. The van der Waals surface area contributed by atoms with E-state index in [0.717, 1.165) is 37.8 Å². The Balaban J connectivity index is 1.83. The Morgan fingerprint density at radius 2 is 2.12 bits per heavy atom. The second kappa shape index (κ2) is 7.58. The van der Waals surface area contributed by atoms with Crippen LogP contribution in [0.4, 0.5) is 0 Å². The van der Waals surface area contributed by atoms with Gasteiger partial charge >= 0.3 is 0 Å². The van der Waals surface area contributed by atoms with Crippen LogP contribution in [0.3, 0.4) is 0 Å². The van der Waals surface area contributed by atoms with Crippen LogP contribution < -0.4 is 5.32 Å². The lowest BCUT2D eigenvalue weighted by molar-refractivity contribution is 0.0956. The predicted molar refractivity (Wildman–Crippen MR) is 105 cm³/mol. The predicted octanol–water partition coefficient (Wildman–Crippen LogP) is 4.88. The number of fused-ring (bicyclic) bond motifs is 1. The van der Waals surface area contributed by atoms with Crippen LogP contribution in [-0.2, 0) is 6.54 Å². The van der Waals surface area contributed by atoms with E-state index in [9.17, 15) is 4.79 Å². The molecule has 0 spiro atoms. The fourth-order valence-electron chi connectivity index (χ4n) is 2.68. The Bertz CT molecular complexity index is 897. The van der Waals surface area contributed by atoms with E-state index in [1.165, 1.54) is 11.3 Å². The number of aromatic nitrogens is 2. The van der Waals surface area contributed by atoms with Gasteiger partial charge in [-0.2, -0.15) is 5.10 Å². The molecule has 0 radical (unpaired) electrons. The third-order valence-electron chi connectivity index (χ3n) is 4.12. The number of aryl methyl sites for hydroxylation is 1. The molecule has 25 heavy (non-hydrogen) atoms. The van der Waals surface area contributed by atoms with Gasteiger partial charge in [0.25, 0.3) is 5.91 Å². The standard InChI is InChI=1S/C19H22ClN3OS/c1-12(2)8-9-21-18(24)17-10-15-13(3)22-23(19(15)25-17)11-14-6-4-5-7-16(14)20/h4-7,10,12H,8-9,11H2,1-3H3,(H,21,24). The molecular formula is C19H22ClN3OS. The number of benzene rings is 1. The van der Waals surface area contributed by atoms with Crippen molar-refractivity contribution in [1.82, 2.24) is 15.1 Å². The summed E-state index contributed by atoms with van der Waals surface area (Å²) in [6, 6.07) is 9.71. The third-order valence-corrected chi connectivity index (χ3v) is 5.63. The average molecular weight is 376 g/mol. The van der Waals surface area contributed by atoms with E-state index >= 15 is 0 Å². The first-order valence-corrected chi connectivity index (χ1v) is 9.63. The number of nitrogens with zero attached hydrogens (tertiary/aromatic N) is 2. The lowest BCUT2D eigenvalue weighted by Crippen LogP contribution is -2.24. The van der Waals surface area contributed by atoms with Crippen molar-refractivity contribution in [2.75, 3.05) is 6.54 Å². The summed E-state index contributed by atoms with van der Waals surface area (Å²) in [7, 11) is 0. The monoisotopic (exact) mass is 375 g/mol. The zero-order chi connectivity index (χ0) is 18.0. The summed E-state index contributed by atoms with van der Waals surface area (Å²) in [5.74, 6) is 0.569. The normalized spacial score (nSPS) is 11.4. The van der Waals surface area contributed by atoms with Gasteiger partial charge in [0.1, 0.15) is 4.83 Å². The van der Waals surface area contributed by atoms with Crippen LogP contribution in [-0.4, -0.2) is 22.2 Å². The first-order valence-electron chi connectivity index (χ1n) is 8.44. The molecule has 0 saturated heterocycles. The van der Waals surface area contributed by atoms with Crippen molar-refractivity contribution >= 4 is 39.1 Å². The smallest absolute Gasteiger partial charge is 0.261 e. The van der Waals surface area contributed by atoms with Crippen LogP contribution in [0.5, 0.6) is 0 Å². The number of hydrogen-bond donors (Lipinski definition) is 1. The first-order chi connectivity index (χ1) is 12.0. The molecule has 132 valence electrons. The molecule has 3 aromatic rings. The largest absolute Gasteiger partial charge is 0.351 e. The molecule has 1 N–H and O–H groups in total. The lowest BCUT2D eigenvalue weighted by atomic mass is 10.1. The highest BCUT2D eigenvalue weighted by molar-refractivity contribution is 7.20. The second-order valence-corrected chi connectivity index (χ2v) is 8.04. The molecule has 0 aliphatic rings. The lowest BCUT2D eigenvalue weighted by Gasteiger charge is -2.06. The van der Waals surface area contributed by atoms with E-state index in [4.69, 9.17) is 11.6 Å². The molecule has 0 bridgehead atoms. The molecule has 0 aliphatic carbocycles. The van der Waals surface area contributed by atoms with Crippen LogP contribution in [0.15, 0.2) is 30.3 Å². The van der Waals surface area contributed by atoms with Crippen LogP contribution in [0, 0.1) is 12.8 Å². The minimum absolute atomic E-state index is 0.00876. The fourth-order valence-corrected chi connectivity index (χ4v) is 3.95. The third kappa shape index (κ3) is 4.05. The van der Waals surface area contributed by atoms with Gasteiger partial charge in [0, 0.05) is 17.0 Å². The van der Waals surface area contributed by atoms with E-state index in [1.807, 2.05) is 41.9 Å². The van der Waals surface area contributed by atoms with Crippen molar-refractivity contribution in [3.63, 3.8) is 0 Å². The van der Waals surface area contributed by atoms with Crippen LogP contribution in [0.1, 0.15) is 41.2 Å². The van der Waals surface area contributed by atoms with Gasteiger partial charge in [0.15, 0.2) is 0 Å². The zero-order valence-corrected chi connectivity index (χ0v) is 16.2. The van der Waals surface area contributed by atoms with E-state index in [1.54, 1.807) is 0 Å². The highest BCUT2D eigenvalue weighted by Gasteiger charge is 2.16. The quantitative estimate of drug-likeness (QED) is 0.667. The Kier molecular flexibility index (Phi) is 5.45. The van der Waals surface area contributed by atoms with Crippen LogP contribution in [0.25, 0.3) is 10.2 Å².